The Labute approximate surface area is 93.9 Å². The van der Waals surface area contributed by atoms with Gasteiger partial charge in [-0.3, -0.25) is 9.78 Å². The highest BCUT2D eigenvalue weighted by Crippen LogP contribution is 2.14. The summed E-state index contributed by atoms with van der Waals surface area (Å²) in [6.45, 7) is 1.72. The summed E-state index contributed by atoms with van der Waals surface area (Å²) in [7, 11) is 0. The molecule has 0 unspecified atom stereocenters. The van der Waals surface area contributed by atoms with E-state index in [0.29, 0.717) is 12.8 Å². The minimum atomic E-state index is -0.369. The molecule has 0 bridgehead atoms. The smallest absolute Gasteiger partial charge is 0.149 e. The summed E-state index contributed by atoms with van der Waals surface area (Å²) >= 11 is 0. The maximum absolute atomic E-state index is 11.4. The van der Waals surface area contributed by atoms with Gasteiger partial charge in [0.1, 0.15) is 5.78 Å². The fraction of sp³-hybridized carbons (Fsp3) is 0.333. The number of nitrogens with zero attached hydrogens (tertiary/aromatic N) is 1. The van der Waals surface area contributed by atoms with E-state index in [-0.39, 0.29) is 11.8 Å². The van der Waals surface area contributed by atoms with Gasteiger partial charge in [0.25, 0.3) is 0 Å². The van der Waals surface area contributed by atoms with Gasteiger partial charge in [0.15, 0.2) is 0 Å². The van der Waals surface area contributed by atoms with Crippen LogP contribution in [0.3, 0.4) is 0 Å². The van der Waals surface area contributed by atoms with E-state index in [4.69, 9.17) is 5.73 Å². The van der Waals surface area contributed by atoms with Crippen molar-refractivity contribution in [3.63, 3.8) is 0 Å². The Balaban J connectivity index is 2.07. The van der Waals surface area contributed by atoms with Crippen molar-refractivity contribution in [1.82, 2.24) is 9.97 Å². The zero-order valence-corrected chi connectivity index (χ0v) is 9.23. The first-order valence-electron chi connectivity index (χ1n) is 5.37. The molecule has 3 N–H and O–H groups in total. The quantitative estimate of drug-likeness (QED) is 0.813. The number of hydrogen-bond donors (Lipinski definition) is 2. The maximum Gasteiger partial charge on any atom is 0.149 e. The summed E-state index contributed by atoms with van der Waals surface area (Å²) in [5.74, 6) is 0.0942. The molecule has 16 heavy (non-hydrogen) atoms. The fourth-order valence-corrected chi connectivity index (χ4v) is 1.65. The number of aromatic amines is 1. The molecule has 0 saturated heterocycles. The minimum Gasteiger partial charge on any atom is -0.358 e. The number of nitrogens with two attached hydrogens (primary N) is 1. The number of aryl methyl sites for hydroxylation is 1. The molecule has 0 aliphatic heterocycles. The van der Waals surface area contributed by atoms with E-state index in [0.717, 1.165) is 16.6 Å². The van der Waals surface area contributed by atoms with Gasteiger partial charge in [-0.25, -0.2) is 0 Å². The molecule has 0 spiro atoms. The van der Waals surface area contributed by atoms with Crippen molar-refractivity contribution in [3.05, 3.63) is 30.2 Å². The summed E-state index contributed by atoms with van der Waals surface area (Å²) in [4.78, 5) is 18.7. The van der Waals surface area contributed by atoms with Gasteiger partial charge in [0.05, 0.1) is 6.04 Å². The highest BCUT2D eigenvalue weighted by molar-refractivity contribution is 5.84. The molecule has 0 aromatic carbocycles. The van der Waals surface area contributed by atoms with Gasteiger partial charge in [0.2, 0.25) is 0 Å². The van der Waals surface area contributed by atoms with Gasteiger partial charge in [-0.15, -0.1) is 0 Å². The number of ketones is 1. The summed E-state index contributed by atoms with van der Waals surface area (Å²) in [5, 5.41) is 1.07. The van der Waals surface area contributed by atoms with Crippen molar-refractivity contribution >= 4 is 16.7 Å². The third-order valence-electron chi connectivity index (χ3n) is 2.63. The van der Waals surface area contributed by atoms with Crippen LogP contribution in [0.2, 0.25) is 0 Å². The molecule has 0 aliphatic carbocycles. The van der Waals surface area contributed by atoms with E-state index in [1.165, 1.54) is 0 Å². The van der Waals surface area contributed by atoms with Crippen LogP contribution in [-0.4, -0.2) is 21.8 Å². The highest BCUT2D eigenvalue weighted by Gasteiger charge is 2.08. The Morgan fingerprint density at radius 2 is 2.44 bits per heavy atom. The lowest BCUT2D eigenvalue weighted by molar-refractivity contribution is -0.119. The molecular weight excluding hydrogens is 202 g/mol. The van der Waals surface area contributed by atoms with Crippen molar-refractivity contribution in [1.29, 1.82) is 0 Å². The first-order chi connectivity index (χ1) is 7.66. The van der Waals surface area contributed by atoms with Crippen LogP contribution in [0.4, 0.5) is 0 Å². The average Bonchev–Trinajstić information content (AvgIpc) is 2.68. The van der Waals surface area contributed by atoms with Crippen LogP contribution in [0.5, 0.6) is 0 Å². The third-order valence-corrected chi connectivity index (χ3v) is 2.63. The van der Waals surface area contributed by atoms with Gasteiger partial charge in [0, 0.05) is 35.4 Å². The standard InChI is InChI=1S/C12H15N3O/c1-8(13)12(16)3-2-10-6-9-7-14-5-4-11(9)15-10/h4-8,15H,2-3,13H2,1H3/t8-/m0/s1. The number of aromatic nitrogens is 2. The zero-order valence-electron chi connectivity index (χ0n) is 9.23. The van der Waals surface area contributed by atoms with E-state index in [2.05, 4.69) is 9.97 Å². The second-order valence-electron chi connectivity index (χ2n) is 4.01. The average molecular weight is 217 g/mol. The van der Waals surface area contributed by atoms with Crippen LogP contribution in [0.1, 0.15) is 19.0 Å². The van der Waals surface area contributed by atoms with E-state index in [9.17, 15) is 4.79 Å². The summed E-state index contributed by atoms with van der Waals surface area (Å²) in [5.41, 5.74) is 7.61. The number of hydrogen-bond acceptors (Lipinski definition) is 3. The minimum absolute atomic E-state index is 0.0942. The first-order valence-corrected chi connectivity index (χ1v) is 5.37. The SMILES string of the molecule is C[C@H](N)C(=O)CCc1cc2cnccc2[nH]1. The summed E-state index contributed by atoms with van der Waals surface area (Å²) < 4.78 is 0. The molecule has 2 heterocycles. The Bertz CT molecular complexity index is 469. The number of fused-ring (bicyclic) bond motifs is 1. The van der Waals surface area contributed by atoms with Gasteiger partial charge in [-0.1, -0.05) is 0 Å². The molecule has 2 aromatic rings. The summed E-state index contributed by atoms with van der Waals surface area (Å²) in [6, 6.07) is 3.58. The van der Waals surface area contributed by atoms with Crippen LogP contribution >= 0.6 is 0 Å². The van der Waals surface area contributed by atoms with Gasteiger partial charge >= 0.3 is 0 Å². The van der Waals surface area contributed by atoms with Crippen LogP contribution in [0, 0.1) is 0 Å². The number of nitrogens with one attached hydrogen (secondary N) is 1. The third kappa shape index (κ3) is 2.28. The molecule has 2 aromatic heterocycles. The number of carbonyl (C=O) groups is 1. The second-order valence-corrected chi connectivity index (χ2v) is 4.01. The van der Waals surface area contributed by atoms with Crippen molar-refractivity contribution in [2.75, 3.05) is 0 Å². The molecule has 0 amide bonds. The van der Waals surface area contributed by atoms with E-state index < -0.39 is 0 Å². The molecule has 0 aliphatic rings. The Hall–Kier alpha value is -1.68. The van der Waals surface area contributed by atoms with E-state index >= 15 is 0 Å². The number of pyridine rings is 1. The Morgan fingerprint density at radius 3 is 3.12 bits per heavy atom. The van der Waals surface area contributed by atoms with Crippen molar-refractivity contribution in [2.24, 2.45) is 5.73 Å². The van der Waals surface area contributed by atoms with Crippen molar-refractivity contribution < 1.29 is 4.79 Å². The maximum atomic E-state index is 11.4. The van der Waals surface area contributed by atoms with Crippen LogP contribution in [0.15, 0.2) is 24.5 Å². The van der Waals surface area contributed by atoms with E-state index in [1.807, 2.05) is 18.3 Å². The number of rotatable bonds is 4. The molecule has 4 heteroatoms. The normalized spacial score (nSPS) is 12.9. The summed E-state index contributed by atoms with van der Waals surface area (Å²) in [6.07, 6.45) is 4.74. The topological polar surface area (TPSA) is 71.8 Å². The lowest BCUT2D eigenvalue weighted by atomic mass is 10.1. The molecule has 1 atom stereocenters. The Kier molecular flexibility index (Phi) is 3.01. The molecule has 0 fully saturated rings. The second kappa shape index (κ2) is 4.45. The molecule has 0 saturated carbocycles. The van der Waals surface area contributed by atoms with Gasteiger partial charge in [-0.05, 0) is 25.5 Å². The van der Waals surface area contributed by atoms with Gasteiger partial charge in [-0.2, -0.15) is 0 Å². The van der Waals surface area contributed by atoms with Crippen molar-refractivity contribution in [3.8, 4) is 0 Å². The van der Waals surface area contributed by atoms with Crippen LogP contribution < -0.4 is 5.73 Å². The molecule has 84 valence electrons. The Morgan fingerprint density at radius 1 is 1.62 bits per heavy atom. The monoisotopic (exact) mass is 217 g/mol. The predicted molar refractivity (Wildman–Crippen MR) is 63.1 cm³/mol. The molecule has 0 radical (unpaired) electrons. The number of carbonyl (C=O) groups excluding carboxylic acids is 1. The zero-order chi connectivity index (χ0) is 11.5. The number of H-pyrrole nitrogens is 1. The lowest BCUT2D eigenvalue weighted by Gasteiger charge is -2.02. The molecular formula is C12H15N3O. The van der Waals surface area contributed by atoms with E-state index in [1.54, 1.807) is 13.1 Å². The molecule has 2 rings (SSSR count). The first kappa shape index (κ1) is 10.8. The fourth-order valence-electron chi connectivity index (χ4n) is 1.65. The van der Waals surface area contributed by atoms with Crippen molar-refractivity contribution in [2.45, 2.75) is 25.8 Å². The number of Topliss-reactive ketones (excluding diaryl/α,β-unsaturated/α-hetero) is 1. The largest absolute Gasteiger partial charge is 0.358 e. The predicted octanol–water partition coefficient (Wildman–Crippen LogP) is 1.41. The van der Waals surface area contributed by atoms with Crippen LogP contribution in [-0.2, 0) is 11.2 Å². The van der Waals surface area contributed by atoms with Gasteiger partial charge < -0.3 is 10.7 Å². The molecule has 4 nitrogen and oxygen atoms in total. The lowest BCUT2D eigenvalue weighted by Crippen LogP contribution is -2.26. The van der Waals surface area contributed by atoms with Crippen LogP contribution in [0.25, 0.3) is 10.9 Å². The highest BCUT2D eigenvalue weighted by atomic mass is 16.1.